The second kappa shape index (κ2) is 7.37. The Morgan fingerprint density at radius 1 is 1.27 bits per heavy atom. The highest BCUT2D eigenvalue weighted by Crippen LogP contribution is 2.00. The first-order chi connectivity index (χ1) is 7.36. The van der Waals surface area contributed by atoms with Crippen LogP contribution in [0.1, 0.15) is 24.6 Å². The van der Waals surface area contributed by atoms with E-state index < -0.39 is 0 Å². The van der Waals surface area contributed by atoms with Gasteiger partial charge in [-0.15, -0.1) is 0 Å². The molecular formula is C12H21N3. The minimum absolute atomic E-state index is 0.917. The summed E-state index contributed by atoms with van der Waals surface area (Å²) < 4.78 is 0. The molecule has 0 saturated carbocycles. The number of rotatable bonds is 7. The summed E-state index contributed by atoms with van der Waals surface area (Å²) in [6.07, 6.45) is 4.14. The number of nitrogens with one attached hydrogen (secondary N) is 2. The Kier molecular flexibility index (Phi) is 5.97. The Bertz CT molecular complexity index is 256. The molecule has 0 aromatic carbocycles. The van der Waals surface area contributed by atoms with Crippen LogP contribution in [0.2, 0.25) is 0 Å². The van der Waals surface area contributed by atoms with Gasteiger partial charge in [-0.2, -0.15) is 0 Å². The lowest BCUT2D eigenvalue weighted by Gasteiger charge is -2.04. The fourth-order valence-corrected chi connectivity index (χ4v) is 1.39. The molecule has 84 valence electrons. The number of hydrogen-bond donors (Lipinski definition) is 2. The number of aromatic nitrogens is 1. The van der Waals surface area contributed by atoms with E-state index >= 15 is 0 Å². The standard InChI is InChI=1S/C12H21N3/c1-3-12-6-5-11(10-15-12)9-14-8-4-7-13-2/h5-6,10,13-14H,3-4,7-9H2,1-2H3. The first-order valence-electron chi connectivity index (χ1n) is 5.66. The third-order valence-corrected chi connectivity index (χ3v) is 2.36. The summed E-state index contributed by atoms with van der Waals surface area (Å²) in [7, 11) is 1.98. The van der Waals surface area contributed by atoms with Gasteiger partial charge < -0.3 is 10.6 Å². The number of aryl methyl sites for hydroxylation is 1. The topological polar surface area (TPSA) is 37.0 Å². The number of hydrogen-bond acceptors (Lipinski definition) is 3. The predicted octanol–water partition coefficient (Wildman–Crippen LogP) is 1.34. The fourth-order valence-electron chi connectivity index (χ4n) is 1.39. The van der Waals surface area contributed by atoms with Crippen LogP contribution in [0.25, 0.3) is 0 Å². The highest BCUT2D eigenvalue weighted by molar-refractivity contribution is 5.13. The largest absolute Gasteiger partial charge is 0.320 e. The quantitative estimate of drug-likeness (QED) is 0.663. The molecule has 0 aliphatic rings. The lowest BCUT2D eigenvalue weighted by atomic mass is 10.2. The molecule has 0 saturated heterocycles. The summed E-state index contributed by atoms with van der Waals surface area (Å²) in [5, 5.41) is 6.52. The van der Waals surface area contributed by atoms with Gasteiger partial charge in [-0.1, -0.05) is 13.0 Å². The van der Waals surface area contributed by atoms with Crippen LogP contribution in [-0.2, 0) is 13.0 Å². The van der Waals surface area contributed by atoms with Gasteiger partial charge in [0.1, 0.15) is 0 Å². The lowest BCUT2D eigenvalue weighted by molar-refractivity contribution is 0.624. The number of pyridine rings is 1. The average Bonchev–Trinajstić information content (AvgIpc) is 2.30. The molecule has 1 aromatic rings. The van der Waals surface area contributed by atoms with Crippen LogP contribution in [0.5, 0.6) is 0 Å². The minimum Gasteiger partial charge on any atom is -0.320 e. The van der Waals surface area contributed by atoms with E-state index in [1.54, 1.807) is 0 Å². The van der Waals surface area contributed by atoms with E-state index in [1.165, 1.54) is 5.56 Å². The Morgan fingerprint density at radius 3 is 2.73 bits per heavy atom. The van der Waals surface area contributed by atoms with Crippen molar-refractivity contribution in [1.29, 1.82) is 0 Å². The van der Waals surface area contributed by atoms with E-state index in [-0.39, 0.29) is 0 Å². The molecule has 1 rings (SSSR count). The van der Waals surface area contributed by atoms with Crippen molar-refractivity contribution in [3.8, 4) is 0 Å². The van der Waals surface area contributed by atoms with Gasteiger partial charge in [-0.25, -0.2) is 0 Å². The molecule has 0 unspecified atom stereocenters. The molecule has 0 fully saturated rings. The molecule has 0 aliphatic heterocycles. The molecule has 1 aromatic heterocycles. The maximum Gasteiger partial charge on any atom is 0.0401 e. The molecular weight excluding hydrogens is 186 g/mol. The van der Waals surface area contributed by atoms with Crippen LogP contribution < -0.4 is 10.6 Å². The Balaban J connectivity index is 2.20. The molecule has 0 aliphatic carbocycles. The van der Waals surface area contributed by atoms with Crippen molar-refractivity contribution in [1.82, 2.24) is 15.6 Å². The summed E-state index contributed by atoms with van der Waals surface area (Å²) in [6, 6.07) is 4.25. The van der Waals surface area contributed by atoms with Crippen LogP contribution in [-0.4, -0.2) is 25.1 Å². The van der Waals surface area contributed by atoms with Crippen molar-refractivity contribution >= 4 is 0 Å². The zero-order valence-electron chi connectivity index (χ0n) is 9.71. The van der Waals surface area contributed by atoms with Gasteiger partial charge in [0.2, 0.25) is 0 Å². The van der Waals surface area contributed by atoms with Crippen molar-refractivity contribution in [3.05, 3.63) is 29.6 Å². The SMILES string of the molecule is CCc1ccc(CNCCCNC)cn1. The zero-order chi connectivity index (χ0) is 10.9. The van der Waals surface area contributed by atoms with Gasteiger partial charge in [0, 0.05) is 18.4 Å². The maximum absolute atomic E-state index is 4.36. The van der Waals surface area contributed by atoms with Crippen molar-refractivity contribution in [2.24, 2.45) is 0 Å². The molecule has 2 N–H and O–H groups in total. The molecule has 3 heteroatoms. The molecule has 0 atom stereocenters. The van der Waals surface area contributed by atoms with Gasteiger partial charge in [0.25, 0.3) is 0 Å². The Morgan fingerprint density at radius 2 is 2.13 bits per heavy atom. The monoisotopic (exact) mass is 207 g/mol. The molecule has 1 heterocycles. The van der Waals surface area contributed by atoms with Crippen molar-refractivity contribution in [2.45, 2.75) is 26.3 Å². The summed E-state index contributed by atoms with van der Waals surface area (Å²) in [4.78, 5) is 4.36. The van der Waals surface area contributed by atoms with Crippen LogP contribution in [0, 0.1) is 0 Å². The van der Waals surface area contributed by atoms with Crippen LogP contribution >= 0.6 is 0 Å². The van der Waals surface area contributed by atoms with E-state index in [4.69, 9.17) is 0 Å². The third-order valence-electron chi connectivity index (χ3n) is 2.36. The van der Waals surface area contributed by atoms with E-state index in [9.17, 15) is 0 Å². The molecule has 0 radical (unpaired) electrons. The molecule has 0 bridgehead atoms. The summed E-state index contributed by atoms with van der Waals surface area (Å²) in [5.74, 6) is 0. The van der Waals surface area contributed by atoms with Gasteiger partial charge in [-0.05, 0) is 44.6 Å². The van der Waals surface area contributed by atoms with Gasteiger partial charge in [0.15, 0.2) is 0 Å². The summed E-state index contributed by atoms with van der Waals surface area (Å²) in [5.41, 5.74) is 2.42. The summed E-state index contributed by atoms with van der Waals surface area (Å²) >= 11 is 0. The second-order valence-corrected chi connectivity index (χ2v) is 3.65. The molecule has 3 nitrogen and oxygen atoms in total. The van der Waals surface area contributed by atoms with Gasteiger partial charge >= 0.3 is 0 Å². The predicted molar refractivity (Wildman–Crippen MR) is 63.9 cm³/mol. The zero-order valence-corrected chi connectivity index (χ0v) is 9.71. The lowest BCUT2D eigenvalue weighted by Crippen LogP contribution is -2.19. The molecule has 0 spiro atoms. The molecule has 0 amide bonds. The molecule has 15 heavy (non-hydrogen) atoms. The third kappa shape index (κ3) is 4.91. The summed E-state index contributed by atoms with van der Waals surface area (Å²) in [6.45, 7) is 5.16. The maximum atomic E-state index is 4.36. The first kappa shape index (κ1) is 12.1. The normalized spacial score (nSPS) is 10.5. The van der Waals surface area contributed by atoms with Crippen molar-refractivity contribution in [2.75, 3.05) is 20.1 Å². The van der Waals surface area contributed by atoms with Crippen molar-refractivity contribution in [3.63, 3.8) is 0 Å². The van der Waals surface area contributed by atoms with E-state index in [0.717, 1.165) is 38.2 Å². The van der Waals surface area contributed by atoms with Crippen LogP contribution in [0.4, 0.5) is 0 Å². The van der Waals surface area contributed by atoms with Crippen LogP contribution in [0.3, 0.4) is 0 Å². The highest BCUT2D eigenvalue weighted by atomic mass is 14.9. The van der Waals surface area contributed by atoms with E-state index in [1.807, 2.05) is 13.2 Å². The smallest absolute Gasteiger partial charge is 0.0401 e. The van der Waals surface area contributed by atoms with Crippen LogP contribution in [0.15, 0.2) is 18.3 Å². The highest BCUT2D eigenvalue weighted by Gasteiger charge is 1.94. The Hall–Kier alpha value is -0.930. The fraction of sp³-hybridized carbons (Fsp3) is 0.583. The first-order valence-corrected chi connectivity index (χ1v) is 5.66. The van der Waals surface area contributed by atoms with Crippen molar-refractivity contribution < 1.29 is 0 Å². The van der Waals surface area contributed by atoms with E-state index in [0.29, 0.717) is 0 Å². The van der Waals surface area contributed by atoms with E-state index in [2.05, 4.69) is 34.7 Å². The number of nitrogens with zero attached hydrogens (tertiary/aromatic N) is 1. The second-order valence-electron chi connectivity index (χ2n) is 3.65. The minimum atomic E-state index is 0.917. The Labute approximate surface area is 92.3 Å². The average molecular weight is 207 g/mol. The van der Waals surface area contributed by atoms with Gasteiger partial charge in [-0.3, -0.25) is 4.98 Å². The van der Waals surface area contributed by atoms with Gasteiger partial charge in [0.05, 0.1) is 0 Å².